The topological polar surface area (TPSA) is 66.8 Å². The molecule has 0 spiro atoms. The van der Waals surface area contributed by atoms with Gasteiger partial charge in [-0.1, -0.05) is 17.9 Å². The first-order chi connectivity index (χ1) is 10.1. The van der Waals surface area contributed by atoms with Crippen molar-refractivity contribution in [1.82, 2.24) is 4.90 Å². The summed E-state index contributed by atoms with van der Waals surface area (Å²) in [5, 5.41) is 8.68. The van der Waals surface area contributed by atoms with E-state index in [0.717, 1.165) is 0 Å². The highest BCUT2D eigenvalue weighted by molar-refractivity contribution is 5.96. The number of aliphatic hydroxyl groups is 1. The van der Waals surface area contributed by atoms with Crippen molar-refractivity contribution in [2.24, 2.45) is 0 Å². The van der Waals surface area contributed by atoms with E-state index < -0.39 is 5.97 Å². The lowest BCUT2D eigenvalue weighted by molar-refractivity contribution is -0.143. The number of amides is 1. The molecule has 0 saturated heterocycles. The highest BCUT2D eigenvalue weighted by Gasteiger charge is 2.15. The summed E-state index contributed by atoms with van der Waals surface area (Å²) in [5.41, 5.74) is 1.15. The SMILES string of the molecule is CCOC(=O)CN(C)C(=O)c1cccc(C#CCCO)c1. The molecule has 0 radical (unpaired) electrons. The van der Waals surface area contributed by atoms with Gasteiger partial charge in [-0.25, -0.2) is 0 Å². The van der Waals surface area contributed by atoms with E-state index in [2.05, 4.69) is 11.8 Å². The lowest BCUT2D eigenvalue weighted by atomic mass is 10.1. The summed E-state index contributed by atoms with van der Waals surface area (Å²) in [4.78, 5) is 24.9. The van der Waals surface area contributed by atoms with Crippen molar-refractivity contribution in [2.75, 3.05) is 26.8 Å². The lowest BCUT2D eigenvalue weighted by Gasteiger charge is -2.16. The molecule has 0 heterocycles. The number of carbonyl (C=O) groups excluding carboxylic acids is 2. The zero-order valence-corrected chi connectivity index (χ0v) is 12.3. The molecule has 5 nitrogen and oxygen atoms in total. The first kappa shape index (κ1) is 16.7. The van der Waals surface area contributed by atoms with Crippen LogP contribution >= 0.6 is 0 Å². The van der Waals surface area contributed by atoms with Crippen molar-refractivity contribution in [3.8, 4) is 11.8 Å². The Kier molecular flexibility index (Phi) is 6.99. The number of nitrogens with zero attached hydrogens (tertiary/aromatic N) is 1. The van der Waals surface area contributed by atoms with Gasteiger partial charge in [0.25, 0.3) is 5.91 Å². The maximum absolute atomic E-state index is 12.2. The molecule has 21 heavy (non-hydrogen) atoms. The zero-order valence-electron chi connectivity index (χ0n) is 12.3. The van der Waals surface area contributed by atoms with Gasteiger partial charge in [0.2, 0.25) is 0 Å². The van der Waals surface area contributed by atoms with E-state index in [-0.39, 0.29) is 25.7 Å². The highest BCUT2D eigenvalue weighted by Crippen LogP contribution is 2.07. The predicted octanol–water partition coefficient (Wildman–Crippen LogP) is 1.06. The Hall–Kier alpha value is -2.32. The molecule has 5 heteroatoms. The Labute approximate surface area is 124 Å². The molecule has 0 aliphatic rings. The number of benzene rings is 1. The monoisotopic (exact) mass is 289 g/mol. The second kappa shape index (κ2) is 8.77. The van der Waals surface area contributed by atoms with Crippen molar-refractivity contribution in [2.45, 2.75) is 13.3 Å². The standard InChI is InChI=1S/C16H19NO4/c1-3-21-15(19)12-17(2)16(20)14-9-6-8-13(11-14)7-4-5-10-18/h6,8-9,11,18H,3,5,10,12H2,1-2H3. The van der Waals surface area contributed by atoms with E-state index in [1.165, 1.54) is 4.90 Å². The van der Waals surface area contributed by atoms with E-state index in [9.17, 15) is 9.59 Å². The van der Waals surface area contributed by atoms with Crippen LogP contribution in [0.25, 0.3) is 0 Å². The van der Waals surface area contributed by atoms with Gasteiger partial charge in [-0.15, -0.1) is 0 Å². The van der Waals surface area contributed by atoms with E-state index in [0.29, 0.717) is 17.5 Å². The summed E-state index contributed by atoms with van der Waals surface area (Å²) in [7, 11) is 1.55. The first-order valence-electron chi connectivity index (χ1n) is 6.69. The number of aliphatic hydroxyl groups excluding tert-OH is 1. The van der Waals surface area contributed by atoms with Gasteiger partial charge < -0.3 is 14.7 Å². The van der Waals surface area contributed by atoms with Crippen LogP contribution in [0.1, 0.15) is 29.3 Å². The molecule has 0 saturated carbocycles. The Morgan fingerprint density at radius 2 is 2.14 bits per heavy atom. The van der Waals surface area contributed by atoms with Crippen molar-refractivity contribution in [3.05, 3.63) is 35.4 Å². The van der Waals surface area contributed by atoms with E-state index >= 15 is 0 Å². The predicted molar refractivity (Wildman–Crippen MR) is 78.6 cm³/mol. The smallest absolute Gasteiger partial charge is 0.325 e. The van der Waals surface area contributed by atoms with Crippen LogP contribution in [0, 0.1) is 11.8 Å². The minimum Gasteiger partial charge on any atom is -0.465 e. The van der Waals surface area contributed by atoms with Crippen molar-refractivity contribution >= 4 is 11.9 Å². The normalized spacial score (nSPS) is 9.48. The van der Waals surface area contributed by atoms with Crippen LogP contribution in [0.5, 0.6) is 0 Å². The average Bonchev–Trinajstić information content (AvgIpc) is 2.47. The number of rotatable bonds is 5. The number of ether oxygens (including phenoxy) is 1. The molecule has 0 fully saturated rings. The fourth-order valence-electron chi connectivity index (χ4n) is 1.64. The van der Waals surface area contributed by atoms with Crippen LogP contribution in [0.15, 0.2) is 24.3 Å². The van der Waals surface area contributed by atoms with Gasteiger partial charge in [-0.3, -0.25) is 9.59 Å². The number of hydrogen-bond acceptors (Lipinski definition) is 4. The summed E-state index contributed by atoms with van der Waals surface area (Å²) >= 11 is 0. The summed E-state index contributed by atoms with van der Waals surface area (Å²) < 4.78 is 4.81. The third-order valence-electron chi connectivity index (χ3n) is 2.60. The van der Waals surface area contributed by atoms with Gasteiger partial charge in [0.15, 0.2) is 0 Å². The van der Waals surface area contributed by atoms with Gasteiger partial charge in [0, 0.05) is 24.6 Å². The number of esters is 1. The molecular weight excluding hydrogens is 270 g/mol. The molecule has 0 aliphatic heterocycles. The first-order valence-corrected chi connectivity index (χ1v) is 6.69. The maximum Gasteiger partial charge on any atom is 0.325 e. The number of hydrogen-bond donors (Lipinski definition) is 1. The molecule has 1 rings (SSSR count). The Balaban J connectivity index is 2.76. The Morgan fingerprint density at radius 1 is 1.38 bits per heavy atom. The van der Waals surface area contributed by atoms with Gasteiger partial charge in [-0.05, 0) is 25.1 Å². The molecular formula is C16H19NO4. The highest BCUT2D eigenvalue weighted by atomic mass is 16.5. The van der Waals surface area contributed by atoms with Gasteiger partial charge in [0.05, 0.1) is 13.2 Å². The zero-order chi connectivity index (χ0) is 15.7. The third-order valence-corrected chi connectivity index (χ3v) is 2.60. The fraction of sp³-hybridized carbons (Fsp3) is 0.375. The molecule has 1 amide bonds. The average molecular weight is 289 g/mol. The molecule has 0 atom stereocenters. The summed E-state index contributed by atoms with van der Waals surface area (Å²) in [6.45, 7) is 1.92. The van der Waals surface area contributed by atoms with Gasteiger partial charge in [0.1, 0.15) is 6.54 Å². The molecule has 0 bridgehead atoms. The van der Waals surface area contributed by atoms with Crippen molar-refractivity contribution in [1.29, 1.82) is 0 Å². The fourth-order valence-corrected chi connectivity index (χ4v) is 1.64. The van der Waals surface area contributed by atoms with Gasteiger partial charge in [-0.2, -0.15) is 0 Å². The molecule has 1 aromatic rings. The molecule has 1 N–H and O–H groups in total. The third kappa shape index (κ3) is 5.67. The summed E-state index contributed by atoms with van der Waals surface area (Å²) in [6, 6.07) is 6.84. The molecule has 112 valence electrons. The number of likely N-dealkylation sites (N-methyl/N-ethyl adjacent to an activating group) is 1. The van der Waals surface area contributed by atoms with Crippen LogP contribution in [0.2, 0.25) is 0 Å². The molecule has 0 aromatic heterocycles. The van der Waals surface area contributed by atoms with Crippen LogP contribution < -0.4 is 0 Å². The van der Waals surface area contributed by atoms with Crippen molar-refractivity contribution < 1.29 is 19.4 Å². The molecule has 1 aromatic carbocycles. The molecule has 0 unspecified atom stereocenters. The quantitative estimate of drug-likeness (QED) is 0.650. The van der Waals surface area contributed by atoms with Crippen LogP contribution in [-0.2, 0) is 9.53 Å². The number of carbonyl (C=O) groups is 2. The Bertz CT molecular complexity index is 557. The van der Waals surface area contributed by atoms with Gasteiger partial charge >= 0.3 is 5.97 Å². The minimum atomic E-state index is -0.438. The van der Waals surface area contributed by atoms with E-state index in [1.807, 2.05) is 0 Å². The van der Waals surface area contributed by atoms with E-state index in [4.69, 9.17) is 9.84 Å². The lowest BCUT2D eigenvalue weighted by Crippen LogP contribution is -2.33. The van der Waals surface area contributed by atoms with Crippen molar-refractivity contribution in [3.63, 3.8) is 0 Å². The second-order valence-corrected chi connectivity index (χ2v) is 4.32. The van der Waals surface area contributed by atoms with Crippen LogP contribution in [-0.4, -0.2) is 48.7 Å². The Morgan fingerprint density at radius 3 is 2.81 bits per heavy atom. The summed E-state index contributed by atoms with van der Waals surface area (Å²) in [6.07, 6.45) is 0.390. The second-order valence-electron chi connectivity index (χ2n) is 4.32. The van der Waals surface area contributed by atoms with Crippen LogP contribution in [0.3, 0.4) is 0 Å². The minimum absolute atomic E-state index is 0.00784. The van der Waals surface area contributed by atoms with E-state index in [1.54, 1.807) is 38.2 Å². The summed E-state index contributed by atoms with van der Waals surface area (Å²) in [5.74, 6) is 4.96. The maximum atomic E-state index is 12.2. The largest absolute Gasteiger partial charge is 0.465 e. The molecule has 0 aliphatic carbocycles. The van der Waals surface area contributed by atoms with Crippen LogP contribution in [0.4, 0.5) is 0 Å².